The van der Waals surface area contributed by atoms with Crippen molar-refractivity contribution in [3.63, 3.8) is 0 Å². The summed E-state index contributed by atoms with van der Waals surface area (Å²) in [5, 5.41) is 8.89. The van der Waals surface area contributed by atoms with Gasteiger partial charge in [-0.2, -0.15) is 0 Å². The van der Waals surface area contributed by atoms with Crippen molar-refractivity contribution < 1.29 is 5.11 Å². The summed E-state index contributed by atoms with van der Waals surface area (Å²) in [5.74, 6) is 0.174. The molecular weight excluding hydrogens is 152 g/mol. The minimum Gasteiger partial charge on any atom is -0.396 e. The molecule has 3 N–H and O–H groups in total. The van der Waals surface area contributed by atoms with E-state index in [9.17, 15) is 0 Å². The average molecular weight is 166 g/mol. The van der Waals surface area contributed by atoms with E-state index in [1.54, 1.807) is 12.4 Å². The van der Waals surface area contributed by atoms with Gasteiger partial charge >= 0.3 is 0 Å². The summed E-state index contributed by atoms with van der Waals surface area (Å²) in [7, 11) is 0. The van der Waals surface area contributed by atoms with Crippen LogP contribution in [0.4, 0.5) is 0 Å². The van der Waals surface area contributed by atoms with Crippen LogP contribution in [-0.2, 0) is 6.42 Å². The second kappa shape index (κ2) is 4.85. The highest BCUT2D eigenvalue weighted by atomic mass is 16.3. The third-order valence-corrected chi connectivity index (χ3v) is 1.87. The van der Waals surface area contributed by atoms with Crippen LogP contribution in [0.5, 0.6) is 0 Å². The highest BCUT2D eigenvalue weighted by Gasteiger charge is 2.04. The van der Waals surface area contributed by atoms with E-state index in [-0.39, 0.29) is 12.5 Å². The summed E-state index contributed by atoms with van der Waals surface area (Å²) < 4.78 is 0. The molecule has 66 valence electrons. The maximum absolute atomic E-state index is 8.89. The third-order valence-electron chi connectivity index (χ3n) is 1.87. The maximum Gasteiger partial charge on any atom is 0.0474 e. The van der Waals surface area contributed by atoms with Crippen LogP contribution < -0.4 is 5.73 Å². The number of rotatable bonds is 4. The first-order chi connectivity index (χ1) is 5.86. The molecule has 1 aromatic rings. The topological polar surface area (TPSA) is 59.1 Å². The van der Waals surface area contributed by atoms with E-state index in [1.807, 2.05) is 12.1 Å². The van der Waals surface area contributed by atoms with E-state index in [1.165, 1.54) is 5.56 Å². The van der Waals surface area contributed by atoms with Gasteiger partial charge in [-0.1, -0.05) is 0 Å². The van der Waals surface area contributed by atoms with Gasteiger partial charge in [-0.05, 0) is 36.6 Å². The van der Waals surface area contributed by atoms with Crippen molar-refractivity contribution in [3.8, 4) is 0 Å². The van der Waals surface area contributed by atoms with Crippen LogP contribution in [0, 0.1) is 5.92 Å². The lowest BCUT2D eigenvalue weighted by Crippen LogP contribution is -2.20. The Morgan fingerprint density at radius 2 is 2.08 bits per heavy atom. The van der Waals surface area contributed by atoms with E-state index in [0.29, 0.717) is 6.54 Å². The Morgan fingerprint density at radius 3 is 2.58 bits per heavy atom. The van der Waals surface area contributed by atoms with Crippen LogP contribution in [-0.4, -0.2) is 23.2 Å². The number of aliphatic hydroxyl groups excluding tert-OH is 1. The first kappa shape index (κ1) is 9.16. The second-order valence-corrected chi connectivity index (χ2v) is 2.84. The molecule has 1 atom stereocenters. The molecule has 1 unspecified atom stereocenters. The normalized spacial score (nSPS) is 12.8. The predicted octanol–water partition coefficient (Wildman–Crippen LogP) is 0.191. The molecule has 1 aromatic heterocycles. The zero-order valence-corrected chi connectivity index (χ0v) is 6.98. The van der Waals surface area contributed by atoms with Crippen molar-refractivity contribution in [2.24, 2.45) is 11.7 Å². The Balaban J connectivity index is 2.51. The van der Waals surface area contributed by atoms with Gasteiger partial charge in [0.25, 0.3) is 0 Å². The molecule has 0 aliphatic rings. The summed E-state index contributed by atoms with van der Waals surface area (Å²) in [5.41, 5.74) is 6.63. The van der Waals surface area contributed by atoms with Crippen LogP contribution in [0.3, 0.4) is 0 Å². The Bertz CT molecular complexity index is 209. The fourth-order valence-corrected chi connectivity index (χ4v) is 1.07. The molecule has 0 bridgehead atoms. The van der Waals surface area contributed by atoms with Crippen LogP contribution >= 0.6 is 0 Å². The SMILES string of the molecule is NCC(CO)Cc1ccncc1. The summed E-state index contributed by atoms with van der Waals surface area (Å²) in [6.07, 6.45) is 4.33. The monoisotopic (exact) mass is 166 g/mol. The van der Waals surface area contributed by atoms with Crippen molar-refractivity contribution in [3.05, 3.63) is 30.1 Å². The van der Waals surface area contributed by atoms with Crippen LogP contribution in [0.2, 0.25) is 0 Å². The fraction of sp³-hybridized carbons (Fsp3) is 0.444. The molecule has 0 spiro atoms. The Hall–Kier alpha value is -0.930. The van der Waals surface area contributed by atoms with Gasteiger partial charge in [0.1, 0.15) is 0 Å². The maximum atomic E-state index is 8.89. The molecule has 12 heavy (non-hydrogen) atoms. The van der Waals surface area contributed by atoms with Gasteiger partial charge in [0.2, 0.25) is 0 Å². The van der Waals surface area contributed by atoms with Crippen molar-refractivity contribution in [2.75, 3.05) is 13.2 Å². The predicted molar refractivity (Wildman–Crippen MR) is 47.6 cm³/mol. The number of pyridine rings is 1. The number of nitrogens with two attached hydrogens (primary N) is 1. The van der Waals surface area contributed by atoms with Crippen molar-refractivity contribution in [2.45, 2.75) is 6.42 Å². The number of aromatic nitrogens is 1. The molecule has 0 aliphatic carbocycles. The van der Waals surface area contributed by atoms with E-state index >= 15 is 0 Å². The van der Waals surface area contributed by atoms with Gasteiger partial charge in [-0.15, -0.1) is 0 Å². The van der Waals surface area contributed by atoms with Gasteiger partial charge < -0.3 is 10.8 Å². The number of nitrogens with zero attached hydrogens (tertiary/aromatic N) is 1. The van der Waals surface area contributed by atoms with E-state index < -0.39 is 0 Å². The standard InChI is InChI=1S/C9H14N2O/c10-6-9(7-12)5-8-1-3-11-4-2-8/h1-4,9,12H,5-7,10H2. The Morgan fingerprint density at radius 1 is 1.42 bits per heavy atom. The minimum atomic E-state index is 0.152. The van der Waals surface area contributed by atoms with Crippen LogP contribution in [0.25, 0.3) is 0 Å². The highest BCUT2D eigenvalue weighted by molar-refractivity contribution is 5.10. The lowest BCUT2D eigenvalue weighted by molar-refractivity contribution is 0.230. The van der Waals surface area contributed by atoms with Crippen molar-refractivity contribution in [1.82, 2.24) is 4.98 Å². The summed E-state index contributed by atoms with van der Waals surface area (Å²) in [6, 6.07) is 3.89. The Kier molecular flexibility index (Phi) is 3.70. The lowest BCUT2D eigenvalue weighted by atomic mass is 10.0. The number of hydrogen-bond acceptors (Lipinski definition) is 3. The van der Waals surface area contributed by atoms with Gasteiger partial charge in [0.05, 0.1) is 0 Å². The molecule has 0 aromatic carbocycles. The molecule has 0 fully saturated rings. The largest absolute Gasteiger partial charge is 0.396 e. The van der Waals surface area contributed by atoms with Crippen LogP contribution in [0.1, 0.15) is 5.56 Å². The van der Waals surface area contributed by atoms with Crippen LogP contribution in [0.15, 0.2) is 24.5 Å². The second-order valence-electron chi connectivity index (χ2n) is 2.84. The zero-order chi connectivity index (χ0) is 8.81. The molecule has 3 nitrogen and oxygen atoms in total. The molecule has 0 aliphatic heterocycles. The van der Waals surface area contributed by atoms with Gasteiger partial charge in [-0.25, -0.2) is 0 Å². The Labute approximate surface area is 72.2 Å². The number of hydrogen-bond donors (Lipinski definition) is 2. The fourth-order valence-electron chi connectivity index (χ4n) is 1.07. The average Bonchev–Trinajstić information content (AvgIpc) is 2.16. The molecule has 1 rings (SSSR count). The summed E-state index contributed by atoms with van der Waals surface area (Å²) in [6.45, 7) is 0.678. The summed E-state index contributed by atoms with van der Waals surface area (Å²) >= 11 is 0. The van der Waals surface area contributed by atoms with E-state index in [2.05, 4.69) is 4.98 Å². The van der Waals surface area contributed by atoms with Crippen molar-refractivity contribution >= 4 is 0 Å². The third kappa shape index (κ3) is 2.60. The molecular formula is C9H14N2O. The van der Waals surface area contributed by atoms with E-state index in [4.69, 9.17) is 10.8 Å². The molecule has 3 heteroatoms. The van der Waals surface area contributed by atoms with Gasteiger partial charge in [0.15, 0.2) is 0 Å². The van der Waals surface area contributed by atoms with Crippen molar-refractivity contribution in [1.29, 1.82) is 0 Å². The number of aliphatic hydroxyl groups is 1. The molecule has 0 radical (unpaired) electrons. The molecule has 0 saturated carbocycles. The lowest BCUT2D eigenvalue weighted by Gasteiger charge is -2.10. The van der Waals surface area contributed by atoms with Gasteiger partial charge in [-0.3, -0.25) is 4.98 Å². The molecule has 1 heterocycles. The zero-order valence-electron chi connectivity index (χ0n) is 6.98. The highest BCUT2D eigenvalue weighted by Crippen LogP contribution is 2.05. The first-order valence-electron chi connectivity index (χ1n) is 4.06. The smallest absolute Gasteiger partial charge is 0.0474 e. The molecule has 0 amide bonds. The van der Waals surface area contributed by atoms with Gasteiger partial charge in [0, 0.05) is 19.0 Å². The molecule has 0 saturated heterocycles. The first-order valence-corrected chi connectivity index (χ1v) is 4.06. The summed E-state index contributed by atoms with van der Waals surface area (Å²) in [4.78, 5) is 3.91. The quantitative estimate of drug-likeness (QED) is 0.671. The van der Waals surface area contributed by atoms with E-state index in [0.717, 1.165) is 6.42 Å². The minimum absolute atomic E-state index is 0.152.